The second-order valence-corrected chi connectivity index (χ2v) is 5.37. The molecule has 5 heteroatoms. The van der Waals surface area contributed by atoms with Gasteiger partial charge in [-0.15, -0.1) is 0 Å². The molecule has 0 atom stereocenters. The molecule has 0 aliphatic carbocycles. The first-order valence-electron chi connectivity index (χ1n) is 6.50. The van der Waals surface area contributed by atoms with Crippen molar-refractivity contribution in [3.63, 3.8) is 0 Å². The van der Waals surface area contributed by atoms with E-state index in [1.165, 1.54) is 5.56 Å². The third-order valence-corrected chi connectivity index (χ3v) is 4.21. The van der Waals surface area contributed by atoms with Crippen molar-refractivity contribution in [3.8, 4) is 5.69 Å². The lowest BCUT2D eigenvalue weighted by atomic mass is 10.2. The molecule has 19 heavy (non-hydrogen) atoms. The maximum atomic E-state index is 4.57. The van der Waals surface area contributed by atoms with Gasteiger partial charge in [0, 0.05) is 12.7 Å². The molecule has 0 aliphatic rings. The molecule has 0 spiro atoms. The summed E-state index contributed by atoms with van der Waals surface area (Å²) in [5, 5.41) is 7.99. The highest BCUT2D eigenvalue weighted by molar-refractivity contribution is 9.10. The van der Waals surface area contributed by atoms with Crippen LogP contribution in [-0.2, 0) is 6.54 Å². The number of aryl methyl sites for hydroxylation is 1. The number of hydrogen-bond donors (Lipinski definition) is 1. The molecule has 2 rings (SSSR count). The lowest BCUT2D eigenvalue weighted by Crippen LogP contribution is -2.16. The zero-order valence-electron chi connectivity index (χ0n) is 11.6. The first kappa shape index (κ1) is 14.2. The average Bonchev–Trinajstić information content (AvgIpc) is 2.67. The molecule has 0 aromatic carbocycles. The summed E-state index contributed by atoms with van der Waals surface area (Å²) in [6, 6.07) is 2.04. The van der Waals surface area contributed by atoms with Crippen LogP contribution >= 0.6 is 15.9 Å². The van der Waals surface area contributed by atoms with Crippen molar-refractivity contribution in [2.75, 3.05) is 6.54 Å². The predicted octanol–water partition coefficient (Wildman–Crippen LogP) is 3.15. The van der Waals surface area contributed by atoms with Crippen LogP contribution in [0.1, 0.15) is 30.3 Å². The molecule has 0 unspecified atom stereocenters. The van der Waals surface area contributed by atoms with Crippen LogP contribution in [0.4, 0.5) is 0 Å². The zero-order valence-corrected chi connectivity index (χ0v) is 13.2. The van der Waals surface area contributed by atoms with Gasteiger partial charge >= 0.3 is 0 Å². The maximum Gasteiger partial charge on any atom is 0.0877 e. The number of nitrogens with one attached hydrogen (secondary N) is 1. The van der Waals surface area contributed by atoms with Crippen molar-refractivity contribution >= 4 is 15.9 Å². The van der Waals surface area contributed by atoms with E-state index in [0.29, 0.717) is 0 Å². The molecule has 4 nitrogen and oxygen atoms in total. The second kappa shape index (κ2) is 6.30. The Balaban J connectivity index is 2.36. The average molecular weight is 323 g/mol. The summed E-state index contributed by atoms with van der Waals surface area (Å²) in [4.78, 5) is 4.23. The van der Waals surface area contributed by atoms with Crippen LogP contribution in [0.5, 0.6) is 0 Å². The minimum Gasteiger partial charge on any atom is -0.313 e. The molecule has 0 saturated carbocycles. The van der Waals surface area contributed by atoms with Gasteiger partial charge in [0.25, 0.3) is 0 Å². The number of rotatable bonds is 5. The molecule has 0 amide bonds. The van der Waals surface area contributed by atoms with Crippen molar-refractivity contribution in [1.29, 1.82) is 0 Å². The van der Waals surface area contributed by atoms with Crippen LogP contribution in [0, 0.1) is 13.8 Å². The van der Waals surface area contributed by atoms with Crippen LogP contribution in [0.2, 0.25) is 0 Å². The van der Waals surface area contributed by atoms with E-state index < -0.39 is 0 Å². The Morgan fingerprint density at radius 1 is 1.37 bits per heavy atom. The van der Waals surface area contributed by atoms with Crippen LogP contribution in [0.3, 0.4) is 0 Å². The summed E-state index contributed by atoms with van der Waals surface area (Å²) in [5.74, 6) is 0. The second-order valence-electron chi connectivity index (χ2n) is 4.58. The van der Waals surface area contributed by atoms with Crippen LogP contribution in [-0.4, -0.2) is 21.3 Å². The van der Waals surface area contributed by atoms with Gasteiger partial charge in [-0.2, -0.15) is 5.10 Å². The van der Waals surface area contributed by atoms with E-state index in [2.05, 4.69) is 45.2 Å². The summed E-state index contributed by atoms with van der Waals surface area (Å²) < 4.78 is 3.01. The zero-order chi connectivity index (χ0) is 13.8. The third kappa shape index (κ3) is 3.04. The predicted molar refractivity (Wildman–Crippen MR) is 80.5 cm³/mol. The number of nitrogens with zero attached hydrogens (tertiary/aromatic N) is 3. The maximum absolute atomic E-state index is 4.57. The number of halogens is 1. The van der Waals surface area contributed by atoms with Gasteiger partial charge in [0.2, 0.25) is 0 Å². The summed E-state index contributed by atoms with van der Waals surface area (Å²) in [5.41, 5.74) is 4.34. The highest BCUT2D eigenvalue weighted by Crippen LogP contribution is 2.24. The van der Waals surface area contributed by atoms with Crippen molar-refractivity contribution in [3.05, 3.63) is 39.9 Å². The highest BCUT2D eigenvalue weighted by Gasteiger charge is 2.13. The van der Waals surface area contributed by atoms with Crippen LogP contribution in [0.15, 0.2) is 22.9 Å². The topological polar surface area (TPSA) is 42.7 Å². The monoisotopic (exact) mass is 322 g/mol. The molecule has 0 saturated heterocycles. The molecule has 2 aromatic heterocycles. The SMILES string of the molecule is CCCNCc1ccncc1-n1nc(C)c(Br)c1C. The van der Waals surface area contributed by atoms with E-state index in [9.17, 15) is 0 Å². The highest BCUT2D eigenvalue weighted by atomic mass is 79.9. The van der Waals surface area contributed by atoms with E-state index in [1.807, 2.05) is 30.1 Å². The van der Waals surface area contributed by atoms with Gasteiger partial charge in [-0.3, -0.25) is 4.98 Å². The minimum atomic E-state index is 0.835. The number of aromatic nitrogens is 3. The van der Waals surface area contributed by atoms with Gasteiger partial charge in [-0.05, 0) is 54.4 Å². The van der Waals surface area contributed by atoms with Crippen molar-refractivity contribution < 1.29 is 0 Å². The summed E-state index contributed by atoms with van der Waals surface area (Å²) in [6.45, 7) is 8.07. The minimum absolute atomic E-state index is 0.835. The lowest BCUT2D eigenvalue weighted by molar-refractivity contribution is 0.668. The molecule has 102 valence electrons. The molecular formula is C14H19BrN4. The standard InChI is InChI=1S/C14H19BrN4/c1-4-6-16-8-12-5-7-17-9-13(12)19-11(3)14(15)10(2)18-19/h5,7,9,16H,4,6,8H2,1-3H3. The molecule has 0 radical (unpaired) electrons. The van der Waals surface area contributed by atoms with E-state index in [1.54, 1.807) is 0 Å². The van der Waals surface area contributed by atoms with Gasteiger partial charge < -0.3 is 5.32 Å². The fraction of sp³-hybridized carbons (Fsp3) is 0.429. The van der Waals surface area contributed by atoms with Crippen LogP contribution < -0.4 is 5.32 Å². The Labute approximate surface area is 122 Å². The summed E-state index contributed by atoms with van der Waals surface area (Å²) >= 11 is 3.57. The Kier molecular flexibility index (Phi) is 4.71. The molecule has 0 aliphatic heterocycles. The van der Waals surface area contributed by atoms with E-state index in [4.69, 9.17) is 0 Å². The Bertz CT molecular complexity index is 563. The Morgan fingerprint density at radius 3 is 2.79 bits per heavy atom. The number of pyridine rings is 1. The molecule has 0 bridgehead atoms. The van der Waals surface area contributed by atoms with Gasteiger partial charge in [0.05, 0.1) is 27.7 Å². The van der Waals surface area contributed by atoms with Crippen LogP contribution in [0.25, 0.3) is 5.69 Å². The third-order valence-electron chi connectivity index (χ3n) is 3.06. The Hall–Kier alpha value is -1.20. The number of hydrogen-bond acceptors (Lipinski definition) is 3. The van der Waals surface area contributed by atoms with E-state index >= 15 is 0 Å². The van der Waals surface area contributed by atoms with Crippen molar-refractivity contribution in [1.82, 2.24) is 20.1 Å². The first-order valence-corrected chi connectivity index (χ1v) is 7.30. The van der Waals surface area contributed by atoms with E-state index in [0.717, 1.165) is 41.1 Å². The molecule has 2 heterocycles. The molecular weight excluding hydrogens is 304 g/mol. The summed E-state index contributed by atoms with van der Waals surface area (Å²) in [7, 11) is 0. The fourth-order valence-electron chi connectivity index (χ4n) is 2.01. The van der Waals surface area contributed by atoms with Crippen molar-refractivity contribution in [2.24, 2.45) is 0 Å². The fourth-order valence-corrected chi connectivity index (χ4v) is 2.26. The molecule has 0 fully saturated rings. The van der Waals surface area contributed by atoms with Gasteiger partial charge in [-0.1, -0.05) is 6.92 Å². The lowest BCUT2D eigenvalue weighted by Gasteiger charge is -2.11. The first-order chi connectivity index (χ1) is 9.15. The quantitative estimate of drug-likeness (QED) is 0.860. The van der Waals surface area contributed by atoms with Gasteiger partial charge in [0.15, 0.2) is 0 Å². The van der Waals surface area contributed by atoms with E-state index in [-0.39, 0.29) is 0 Å². The van der Waals surface area contributed by atoms with Crippen molar-refractivity contribution in [2.45, 2.75) is 33.7 Å². The smallest absolute Gasteiger partial charge is 0.0877 e. The Morgan fingerprint density at radius 2 is 2.16 bits per heavy atom. The van der Waals surface area contributed by atoms with Gasteiger partial charge in [-0.25, -0.2) is 4.68 Å². The normalized spacial score (nSPS) is 10.9. The molecule has 1 N–H and O–H groups in total. The largest absolute Gasteiger partial charge is 0.313 e. The summed E-state index contributed by atoms with van der Waals surface area (Å²) in [6.07, 6.45) is 4.83. The molecule has 2 aromatic rings. The van der Waals surface area contributed by atoms with Gasteiger partial charge in [0.1, 0.15) is 0 Å².